The van der Waals surface area contributed by atoms with Gasteiger partial charge in [0.2, 0.25) is 10.0 Å². The van der Waals surface area contributed by atoms with E-state index in [9.17, 15) is 18.3 Å². The molecule has 4 rings (SSSR count). The van der Waals surface area contributed by atoms with E-state index in [1.807, 2.05) is 18.2 Å². The van der Waals surface area contributed by atoms with Gasteiger partial charge in [-0.05, 0) is 18.2 Å². The van der Waals surface area contributed by atoms with Gasteiger partial charge in [0.1, 0.15) is 11.8 Å². The van der Waals surface area contributed by atoms with Crippen molar-refractivity contribution in [1.29, 1.82) is 0 Å². The number of ether oxygens (including phenoxy) is 1. The van der Waals surface area contributed by atoms with Crippen molar-refractivity contribution in [1.82, 2.24) is 14.2 Å². The minimum Gasteiger partial charge on any atom is -0.495 e. The van der Waals surface area contributed by atoms with E-state index in [0.717, 1.165) is 10.9 Å². The molecule has 2 heterocycles. The molecule has 0 aliphatic carbocycles. The van der Waals surface area contributed by atoms with Crippen molar-refractivity contribution in [2.75, 3.05) is 33.3 Å². The van der Waals surface area contributed by atoms with E-state index in [0.29, 0.717) is 24.4 Å². The van der Waals surface area contributed by atoms with Crippen LogP contribution in [0.25, 0.3) is 10.9 Å². The number of nitrogens with zero attached hydrogens (tertiary/aromatic N) is 2. The smallest absolute Gasteiger partial charge is 0.325 e. The fourth-order valence-corrected chi connectivity index (χ4v) is 5.42. The fourth-order valence-electron chi connectivity index (χ4n) is 3.97. The molecule has 158 valence electrons. The molecule has 1 unspecified atom stereocenters. The normalized spacial score (nSPS) is 17.1. The van der Waals surface area contributed by atoms with E-state index in [4.69, 9.17) is 4.74 Å². The summed E-state index contributed by atoms with van der Waals surface area (Å²) < 4.78 is 32.5. The molecule has 2 aromatic carbocycles. The first-order chi connectivity index (χ1) is 14.4. The molecule has 1 aliphatic rings. The van der Waals surface area contributed by atoms with Crippen molar-refractivity contribution >= 4 is 26.9 Å². The number of hydrogen-bond acceptors (Lipinski definition) is 5. The number of rotatable bonds is 6. The number of nitrogens with one attached hydrogen (secondary N) is 1. The lowest BCUT2D eigenvalue weighted by Crippen LogP contribution is -2.50. The lowest BCUT2D eigenvalue weighted by molar-refractivity contribution is -0.144. The van der Waals surface area contributed by atoms with E-state index in [1.165, 1.54) is 4.31 Å². The Bertz CT molecular complexity index is 1150. The standard InChI is InChI=1S/C21H23N3O5S/c1-29-18-9-5-8-16-17(14-22-19(16)18)20(21(25)26)23-10-12-24(13-11-23)30(27,28)15-6-3-2-4-7-15/h2-9,14,20,22H,10-13H2,1H3,(H,25,26). The van der Waals surface area contributed by atoms with Crippen molar-refractivity contribution in [2.45, 2.75) is 10.9 Å². The Hall–Kier alpha value is -2.88. The zero-order valence-electron chi connectivity index (χ0n) is 16.5. The average molecular weight is 429 g/mol. The molecule has 0 saturated carbocycles. The van der Waals surface area contributed by atoms with Crippen LogP contribution in [0.15, 0.2) is 59.6 Å². The number of aliphatic carboxylic acids is 1. The van der Waals surface area contributed by atoms with E-state index in [-0.39, 0.29) is 18.0 Å². The Balaban J connectivity index is 1.58. The molecular weight excluding hydrogens is 406 g/mol. The number of H-pyrrole nitrogens is 1. The Kier molecular flexibility index (Phi) is 5.50. The first kappa shape index (κ1) is 20.4. The van der Waals surface area contributed by atoms with Gasteiger partial charge < -0.3 is 14.8 Å². The Labute approximate surface area is 174 Å². The predicted octanol–water partition coefficient (Wildman–Crippen LogP) is 2.31. The van der Waals surface area contributed by atoms with Crippen LogP contribution in [-0.4, -0.2) is 67.0 Å². The predicted molar refractivity (Wildman–Crippen MR) is 112 cm³/mol. The summed E-state index contributed by atoms with van der Waals surface area (Å²) in [7, 11) is -2.03. The number of hydrogen-bond donors (Lipinski definition) is 2. The average Bonchev–Trinajstić information content (AvgIpc) is 3.18. The van der Waals surface area contributed by atoms with Gasteiger partial charge in [0, 0.05) is 43.3 Å². The highest BCUT2D eigenvalue weighted by Gasteiger charge is 2.35. The molecule has 9 heteroatoms. The summed E-state index contributed by atoms with van der Waals surface area (Å²) in [6.07, 6.45) is 1.69. The van der Waals surface area contributed by atoms with Crippen molar-refractivity contribution < 1.29 is 23.1 Å². The highest BCUT2D eigenvalue weighted by atomic mass is 32.2. The summed E-state index contributed by atoms with van der Waals surface area (Å²) in [6.45, 7) is 1.10. The molecule has 1 fully saturated rings. The number of aromatic nitrogens is 1. The number of carboxylic acid groups (broad SMARTS) is 1. The van der Waals surface area contributed by atoms with Gasteiger partial charge in [0.15, 0.2) is 0 Å². The van der Waals surface area contributed by atoms with Crippen molar-refractivity contribution in [2.24, 2.45) is 0 Å². The second-order valence-corrected chi connectivity index (χ2v) is 9.06. The summed E-state index contributed by atoms with van der Waals surface area (Å²) in [5.41, 5.74) is 1.38. The Morgan fingerprint density at radius 2 is 1.77 bits per heavy atom. The third kappa shape index (κ3) is 3.55. The van der Waals surface area contributed by atoms with Gasteiger partial charge in [0.25, 0.3) is 0 Å². The monoisotopic (exact) mass is 429 g/mol. The van der Waals surface area contributed by atoms with Crippen LogP contribution in [0.4, 0.5) is 0 Å². The molecule has 0 spiro atoms. The lowest BCUT2D eigenvalue weighted by atomic mass is 10.0. The van der Waals surface area contributed by atoms with Crippen molar-refractivity contribution in [3.63, 3.8) is 0 Å². The molecule has 2 N–H and O–H groups in total. The van der Waals surface area contributed by atoms with E-state index in [1.54, 1.807) is 48.5 Å². The van der Waals surface area contributed by atoms with Gasteiger partial charge in [-0.25, -0.2) is 8.42 Å². The van der Waals surface area contributed by atoms with Gasteiger partial charge >= 0.3 is 5.97 Å². The Morgan fingerprint density at radius 3 is 2.40 bits per heavy atom. The first-order valence-corrected chi connectivity index (χ1v) is 11.0. The number of methoxy groups -OCH3 is 1. The quantitative estimate of drug-likeness (QED) is 0.623. The maximum Gasteiger partial charge on any atom is 0.325 e. The SMILES string of the molecule is COc1cccc2c(C(C(=O)O)N3CCN(S(=O)(=O)c4ccccc4)CC3)c[nH]c12. The van der Waals surface area contributed by atoms with Crippen molar-refractivity contribution in [3.05, 3.63) is 60.3 Å². The van der Waals surface area contributed by atoms with Crippen LogP contribution in [-0.2, 0) is 14.8 Å². The summed E-state index contributed by atoms with van der Waals surface area (Å²) in [4.78, 5) is 17.3. The van der Waals surface area contributed by atoms with Gasteiger partial charge in [-0.2, -0.15) is 4.31 Å². The molecule has 8 nitrogen and oxygen atoms in total. The van der Waals surface area contributed by atoms with Crippen LogP contribution < -0.4 is 4.74 Å². The van der Waals surface area contributed by atoms with Gasteiger partial charge in [-0.3, -0.25) is 9.69 Å². The number of para-hydroxylation sites is 1. The van der Waals surface area contributed by atoms with Gasteiger partial charge in [-0.1, -0.05) is 30.3 Å². The molecule has 1 aliphatic heterocycles. The number of aromatic amines is 1. The first-order valence-electron chi connectivity index (χ1n) is 9.59. The molecule has 1 aromatic heterocycles. The zero-order valence-corrected chi connectivity index (χ0v) is 17.3. The van der Waals surface area contributed by atoms with E-state index < -0.39 is 22.0 Å². The van der Waals surface area contributed by atoms with Crippen LogP contribution in [0.3, 0.4) is 0 Å². The summed E-state index contributed by atoms with van der Waals surface area (Å²) >= 11 is 0. The molecule has 30 heavy (non-hydrogen) atoms. The number of piperazine rings is 1. The van der Waals surface area contributed by atoms with Crippen LogP contribution >= 0.6 is 0 Å². The second kappa shape index (κ2) is 8.10. The Morgan fingerprint density at radius 1 is 1.07 bits per heavy atom. The number of carbonyl (C=O) groups is 1. The molecule has 1 saturated heterocycles. The van der Waals surface area contributed by atoms with E-state index in [2.05, 4.69) is 4.98 Å². The number of benzene rings is 2. The zero-order chi connectivity index (χ0) is 21.3. The summed E-state index contributed by atoms with van der Waals surface area (Å²) in [5.74, 6) is -0.334. The molecule has 1 atom stereocenters. The largest absolute Gasteiger partial charge is 0.495 e. The van der Waals surface area contributed by atoms with Crippen LogP contribution in [0.2, 0.25) is 0 Å². The van der Waals surface area contributed by atoms with Crippen LogP contribution in [0.5, 0.6) is 5.75 Å². The number of sulfonamides is 1. The van der Waals surface area contributed by atoms with Crippen molar-refractivity contribution in [3.8, 4) is 5.75 Å². The van der Waals surface area contributed by atoms with Crippen LogP contribution in [0, 0.1) is 0 Å². The minimum atomic E-state index is -3.59. The second-order valence-electron chi connectivity index (χ2n) is 7.12. The lowest BCUT2D eigenvalue weighted by Gasteiger charge is -2.37. The highest BCUT2D eigenvalue weighted by Crippen LogP contribution is 2.33. The molecule has 0 bridgehead atoms. The number of carboxylic acids is 1. The molecular formula is C21H23N3O5S. The topological polar surface area (TPSA) is 103 Å². The molecule has 0 radical (unpaired) electrons. The number of fused-ring (bicyclic) bond motifs is 1. The molecule has 3 aromatic rings. The van der Waals surface area contributed by atoms with E-state index >= 15 is 0 Å². The highest BCUT2D eigenvalue weighted by molar-refractivity contribution is 7.89. The third-order valence-electron chi connectivity index (χ3n) is 5.48. The van der Waals surface area contributed by atoms with Crippen LogP contribution in [0.1, 0.15) is 11.6 Å². The summed E-state index contributed by atoms with van der Waals surface area (Å²) in [6, 6.07) is 12.9. The maximum atomic E-state index is 12.8. The fraction of sp³-hybridized carbons (Fsp3) is 0.286. The van der Waals surface area contributed by atoms with Gasteiger partial charge in [0.05, 0.1) is 17.5 Å². The maximum absolute atomic E-state index is 12.8. The van der Waals surface area contributed by atoms with Gasteiger partial charge in [-0.15, -0.1) is 0 Å². The molecule has 0 amide bonds. The third-order valence-corrected chi connectivity index (χ3v) is 7.39. The summed E-state index contributed by atoms with van der Waals surface area (Å²) in [5, 5.41) is 10.7. The minimum absolute atomic E-state index is 0.229.